The molecule has 0 saturated carbocycles. The maximum absolute atomic E-state index is 13.4. The molecule has 1 saturated heterocycles. The summed E-state index contributed by atoms with van der Waals surface area (Å²) in [7, 11) is 0. The van der Waals surface area contributed by atoms with Crippen LogP contribution < -0.4 is 16.0 Å². The monoisotopic (exact) mass is 454 g/mol. The second kappa shape index (κ2) is 10.7. The van der Waals surface area contributed by atoms with E-state index in [4.69, 9.17) is 0 Å². The third-order valence-corrected chi connectivity index (χ3v) is 5.53. The van der Waals surface area contributed by atoms with E-state index in [0.717, 1.165) is 16.9 Å². The number of carbonyl (C=O) groups excluding carboxylic acids is 4. The van der Waals surface area contributed by atoms with Crippen LogP contribution in [0.25, 0.3) is 0 Å². The van der Waals surface area contributed by atoms with Gasteiger partial charge in [-0.05, 0) is 29.7 Å². The van der Waals surface area contributed by atoms with Crippen LogP contribution >= 0.6 is 0 Å². The van der Waals surface area contributed by atoms with E-state index in [0.29, 0.717) is 18.4 Å². The van der Waals surface area contributed by atoms with Crippen LogP contribution in [0.2, 0.25) is 0 Å². The Morgan fingerprint density at radius 1 is 1.06 bits per heavy atom. The zero-order valence-electron chi connectivity index (χ0n) is 18.4. The van der Waals surface area contributed by atoms with Gasteiger partial charge >= 0.3 is 12.1 Å². The summed E-state index contributed by atoms with van der Waals surface area (Å²) in [5.74, 6) is -1.55. The summed E-state index contributed by atoms with van der Waals surface area (Å²) in [4.78, 5) is 51.0. The average molecular weight is 455 g/mol. The SMILES string of the molecule is CCCC[C@@]1(c2ccc(F)cc2)NC(=O)N(CCC(=O)NC(=O)NCc2ccccc2)C1=O. The molecule has 6 amide bonds. The van der Waals surface area contributed by atoms with Crippen LogP contribution in [0.5, 0.6) is 0 Å². The van der Waals surface area contributed by atoms with Crippen LogP contribution in [0, 0.1) is 5.82 Å². The molecular formula is C24H27FN4O4. The summed E-state index contributed by atoms with van der Waals surface area (Å²) in [6.45, 7) is 2.03. The van der Waals surface area contributed by atoms with Crippen molar-refractivity contribution >= 4 is 23.9 Å². The molecule has 1 heterocycles. The summed E-state index contributed by atoms with van der Waals surface area (Å²) in [5, 5.41) is 7.52. The van der Waals surface area contributed by atoms with E-state index in [2.05, 4.69) is 16.0 Å². The molecule has 0 bridgehead atoms. The number of amides is 6. The minimum Gasteiger partial charge on any atom is -0.334 e. The van der Waals surface area contributed by atoms with Crippen molar-refractivity contribution in [3.05, 3.63) is 71.5 Å². The van der Waals surface area contributed by atoms with Gasteiger partial charge in [0.1, 0.15) is 11.4 Å². The highest BCUT2D eigenvalue weighted by Crippen LogP contribution is 2.34. The van der Waals surface area contributed by atoms with Gasteiger partial charge in [-0.25, -0.2) is 14.0 Å². The zero-order valence-corrected chi connectivity index (χ0v) is 18.4. The first-order chi connectivity index (χ1) is 15.9. The number of halogens is 1. The van der Waals surface area contributed by atoms with Gasteiger partial charge in [0.15, 0.2) is 0 Å². The highest BCUT2D eigenvalue weighted by Gasteiger charge is 2.51. The van der Waals surface area contributed by atoms with Crippen molar-refractivity contribution < 1.29 is 23.6 Å². The summed E-state index contributed by atoms with van der Waals surface area (Å²) in [6.07, 6.45) is 1.58. The Kier molecular flexibility index (Phi) is 7.76. The second-order valence-corrected chi connectivity index (χ2v) is 7.87. The van der Waals surface area contributed by atoms with Crippen LogP contribution in [-0.2, 0) is 21.7 Å². The first-order valence-corrected chi connectivity index (χ1v) is 10.9. The Morgan fingerprint density at radius 2 is 1.76 bits per heavy atom. The summed E-state index contributed by atoms with van der Waals surface area (Å²) in [5.41, 5.74) is 0.0659. The summed E-state index contributed by atoms with van der Waals surface area (Å²) < 4.78 is 13.4. The minimum absolute atomic E-state index is 0.183. The Balaban J connectivity index is 1.59. The highest BCUT2D eigenvalue weighted by atomic mass is 19.1. The van der Waals surface area contributed by atoms with Gasteiger partial charge in [-0.2, -0.15) is 0 Å². The number of urea groups is 2. The van der Waals surface area contributed by atoms with Gasteiger partial charge in [-0.3, -0.25) is 19.8 Å². The lowest BCUT2D eigenvalue weighted by molar-refractivity contribution is -0.132. The molecule has 1 aliphatic heterocycles. The van der Waals surface area contributed by atoms with E-state index >= 15 is 0 Å². The molecule has 2 aromatic rings. The Bertz CT molecular complexity index is 1010. The molecule has 0 spiro atoms. The topological polar surface area (TPSA) is 108 Å². The molecule has 2 aromatic carbocycles. The quantitative estimate of drug-likeness (QED) is 0.506. The van der Waals surface area contributed by atoms with Crippen molar-refractivity contribution in [3.63, 3.8) is 0 Å². The third kappa shape index (κ3) is 5.74. The first-order valence-electron chi connectivity index (χ1n) is 10.9. The van der Waals surface area contributed by atoms with Gasteiger partial charge in [-0.15, -0.1) is 0 Å². The van der Waals surface area contributed by atoms with Crippen LogP contribution in [0.1, 0.15) is 43.7 Å². The number of nitrogens with one attached hydrogen (secondary N) is 3. The third-order valence-electron chi connectivity index (χ3n) is 5.53. The first kappa shape index (κ1) is 23.9. The molecule has 0 aromatic heterocycles. The molecular weight excluding hydrogens is 427 g/mol. The summed E-state index contributed by atoms with van der Waals surface area (Å²) in [6, 6.07) is 13.4. The number of rotatable bonds is 9. The second-order valence-electron chi connectivity index (χ2n) is 7.87. The van der Waals surface area contributed by atoms with E-state index < -0.39 is 35.2 Å². The van der Waals surface area contributed by atoms with Crippen molar-refractivity contribution in [2.75, 3.05) is 6.54 Å². The molecule has 9 heteroatoms. The molecule has 3 N–H and O–H groups in total. The van der Waals surface area contributed by atoms with E-state index in [1.165, 1.54) is 24.3 Å². The van der Waals surface area contributed by atoms with E-state index in [-0.39, 0.29) is 19.5 Å². The lowest BCUT2D eigenvalue weighted by Gasteiger charge is -2.27. The molecule has 0 aliphatic carbocycles. The fourth-order valence-electron chi connectivity index (χ4n) is 3.74. The average Bonchev–Trinajstić information content (AvgIpc) is 3.05. The predicted molar refractivity (Wildman–Crippen MR) is 119 cm³/mol. The zero-order chi connectivity index (χ0) is 23.8. The van der Waals surface area contributed by atoms with Gasteiger partial charge in [-0.1, -0.05) is 62.2 Å². The van der Waals surface area contributed by atoms with Crippen molar-refractivity contribution in [3.8, 4) is 0 Å². The molecule has 1 fully saturated rings. The molecule has 0 radical (unpaired) electrons. The molecule has 174 valence electrons. The molecule has 1 aliphatic rings. The predicted octanol–water partition coefficient (Wildman–Crippen LogP) is 3.18. The van der Waals surface area contributed by atoms with Gasteiger partial charge in [0.25, 0.3) is 5.91 Å². The fourth-order valence-corrected chi connectivity index (χ4v) is 3.74. The largest absolute Gasteiger partial charge is 0.334 e. The standard InChI is InChI=1S/C24H27FN4O4/c1-2-3-14-24(18-9-11-19(25)12-10-18)21(31)29(23(33)28-24)15-13-20(30)27-22(32)26-16-17-7-5-4-6-8-17/h4-12H,2-3,13-16H2,1H3,(H,28,33)(H2,26,27,30,32)/t24-/m0/s1. The van der Waals surface area contributed by atoms with Crippen molar-refractivity contribution in [1.82, 2.24) is 20.9 Å². The summed E-state index contributed by atoms with van der Waals surface area (Å²) >= 11 is 0. The van der Waals surface area contributed by atoms with Gasteiger partial charge < -0.3 is 10.6 Å². The van der Waals surface area contributed by atoms with Crippen LogP contribution in [-0.4, -0.2) is 35.3 Å². The number of hydrogen-bond donors (Lipinski definition) is 3. The lowest BCUT2D eigenvalue weighted by Crippen LogP contribution is -2.44. The Hall–Kier alpha value is -3.75. The fraction of sp³-hybridized carbons (Fsp3) is 0.333. The molecule has 33 heavy (non-hydrogen) atoms. The molecule has 0 unspecified atom stereocenters. The van der Waals surface area contributed by atoms with Gasteiger partial charge in [0.05, 0.1) is 0 Å². The normalized spacial score (nSPS) is 17.6. The maximum Gasteiger partial charge on any atom is 0.325 e. The molecule has 1 atom stereocenters. The van der Waals surface area contributed by atoms with Crippen molar-refractivity contribution in [2.24, 2.45) is 0 Å². The van der Waals surface area contributed by atoms with Gasteiger partial charge in [0, 0.05) is 19.5 Å². The van der Waals surface area contributed by atoms with Gasteiger partial charge in [0.2, 0.25) is 5.91 Å². The Morgan fingerprint density at radius 3 is 2.42 bits per heavy atom. The maximum atomic E-state index is 13.4. The number of nitrogens with zero attached hydrogens (tertiary/aromatic N) is 1. The molecule has 3 rings (SSSR count). The number of carbonyl (C=O) groups is 4. The number of unbranched alkanes of at least 4 members (excludes halogenated alkanes) is 1. The molecule has 8 nitrogen and oxygen atoms in total. The van der Waals surface area contributed by atoms with E-state index in [9.17, 15) is 23.6 Å². The number of hydrogen-bond acceptors (Lipinski definition) is 4. The van der Waals surface area contributed by atoms with Crippen LogP contribution in [0.3, 0.4) is 0 Å². The smallest absolute Gasteiger partial charge is 0.325 e. The number of benzene rings is 2. The minimum atomic E-state index is -1.30. The lowest BCUT2D eigenvalue weighted by atomic mass is 9.84. The number of imide groups is 2. The van der Waals surface area contributed by atoms with Crippen LogP contribution in [0.15, 0.2) is 54.6 Å². The Labute approximate surface area is 191 Å². The van der Waals surface area contributed by atoms with Crippen molar-refractivity contribution in [1.29, 1.82) is 0 Å². The van der Waals surface area contributed by atoms with Crippen molar-refractivity contribution in [2.45, 2.75) is 44.7 Å². The van der Waals surface area contributed by atoms with Crippen LogP contribution in [0.4, 0.5) is 14.0 Å². The van der Waals surface area contributed by atoms with E-state index in [1.807, 2.05) is 37.3 Å². The highest BCUT2D eigenvalue weighted by molar-refractivity contribution is 6.07. The van der Waals surface area contributed by atoms with E-state index in [1.54, 1.807) is 0 Å².